The molecule has 1 aromatic carbocycles. The van der Waals surface area contributed by atoms with Crippen LogP contribution in [-0.4, -0.2) is 9.97 Å². The first kappa shape index (κ1) is 15.7. The van der Waals surface area contributed by atoms with E-state index >= 15 is 0 Å². The van der Waals surface area contributed by atoms with Crippen LogP contribution in [-0.2, 0) is 6.42 Å². The molecule has 0 aliphatic carbocycles. The van der Waals surface area contributed by atoms with Gasteiger partial charge < -0.3 is 5.73 Å². The summed E-state index contributed by atoms with van der Waals surface area (Å²) in [5, 5.41) is 0.660. The third-order valence-electron chi connectivity index (χ3n) is 2.72. The van der Waals surface area contributed by atoms with Crippen molar-refractivity contribution in [3.05, 3.63) is 37.9 Å². The van der Waals surface area contributed by atoms with E-state index < -0.39 is 0 Å². The van der Waals surface area contributed by atoms with Gasteiger partial charge in [0, 0.05) is 15.1 Å². The molecule has 1 aromatic heterocycles. The lowest BCUT2D eigenvalue weighted by Gasteiger charge is -2.11. The van der Waals surface area contributed by atoms with Gasteiger partial charge in [-0.3, -0.25) is 0 Å². The maximum absolute atomic E-state index is 5.98. The smallest absolute Gasteiger partial charge is 0.162 e. The summed E-state index contributed by atoms with van der Waals surface area (Å²) >= 11 is 12.9. The molecule has 6 heteroatoms. The highest BCUT2D eigenvalue weighted by Gasteiger charge is 2.14. The molecule has 0 saturated carbocycles. The molecule has 2 aromatic rings. The molecule has 0 spiro atoms. The van der Waals surface area contributed by atoms with E-state index in [2.05, 4.69) is 55.7 Å². The van der Waals surface area contributed by atoms with E-state index in [1.807, 2.05) is 18.2 Å². The van der Waals surface area contributed by atoms with Gasteiger partial charge in [-0.05, 0) is 62.4 Å². The van der Waals surface area contributed by atoms with Crippen molar-refractivity contribution in [3.63, 3.8) is 0 Å². The standard InChI is InChI=1S/C14H14Br2ClN3/c1-7(2)5-11-12(16)13(18)20-14(19-11)9-4-3-8(17)6-10(9)15/h3-4,6-7H,5H2,1-2H3,(H2,18,19,20). The zero-order chi connectivity index (χ0) is 14.9. The predicted octanol–water partition coefficient (Wildman–Crippen LogP) is 5.10. The molecular formula is C14H14Br2ClN3. The highest BCUT2D eigenvalue weighted by Crippen LogP contribution is 2.32. The van der Waals surface area contributed by atoms with Crippen LogP contribution in [0.3, 0.4) is 0 Å². The van der Waals surface area contributed by atoms with E-state index in [1.54, 1.807) is 0 Å². The fourth-order valence-electron chi connectivity index (χ4n) is 1.83. The van der Waals surface area contributed by atoms with Gasteiger partial charge in [-0.15, -0.1) is 0 Å². The summed E-state index contributed by atoms with van der Waals surface area (Å²) in [6.07, 6.45) is 0.839. The Balaban J connectivity index is 2.54. The molecule has 0 radical (unpaired) electrons. The van der Waals surface area contributed by atoms with Gasteiger partial charge in [-0.25, -0.2) is 9.97 Å². The zero-order valence-electron chi connectivity index (χ0n) is 11.1. The molecule has 1 heterocycles. The van der Waals surface area contributed by atoms with Gasteiger partial charge in [0.05, 0.1) is 10.2 Å². The zero-order valence-corrected chi connectivity index (χ0v) is 15.1. The number of nitrogens with two attached hydrogens (primary N) is 1. The Bertz CT molecular complexity index is 645. The molecule has 0 saturated heterocycles. The minimum atomic E-state index is 0.451. The summed E-state index contributed by atoms with van der Waals surface area (Å²) in [6.45, 7) is 4.28. The second-order valence-electron chi connectivity index (χ2n) is 4.92. The Morgan fingerprint density at radius 2 is 1.95 bits per heavy atom. The van der Waals surface area contributed by atoms with E-state index in [9.17, 15) is 0 Å². The number of aromatic nitrogens is 2. The number of rotatable bonds is 3. The summed E-state index contributed by atoms with van der Waals surface area (Å²) < 4.78 is 1.63. The fourth-order valence-corrected chi connectivity index (χ4v) is 3.03. The monoisotopic (exact) mass is 417 g/mol. The molecule has 0 atom stereocenters. The van der Waals surface area contributed by atoms with Crippen LogP contribution in [0.2, 0.25) is 5.02 Å². The molecule has 0 unspecified atom stereocenters. The number of anilines is 1. The Hall–Kier alpha value is -0.650. The number of hydrogen-bond acceptors (Lipinski definition) is 3. The summed E-state index contributed by atoms with van der Waals surface area (Å²) in [4.78, 5) is 8.97. The van der Waals surface area contributed by atoms with Crippen LogP contribution in [0.4, 0.5) is 5.82 Å². The van der Waals surface area contributed by atoms with Gasteiger partial charge in [0.15, 0.2) is 5.82 Å². The third-order valence-corrected chi connectivity index (χ3v) is 4.47. The van der Waals surface area contributed by atoms with Crippen LogP contribution in [0.1, 0.15) is 19.5 Å². The van der Waals surface area contributed by atoms with Gasteiger partial charge in [0.25, 0.3) is 0 Å². The van der Waals surface area contributed by atoms with Crippen molar-refractivity contribution < 1.29 is 0 Å². The van der Waals surface area contributed by atoms with Crippen molar-refractivity contribution >= 4 is 49.3 Å². The molecule has 2 rings (SSSR count). The Morgan fingerprint density at radius 1 is 1.25 bits per heavy atom. The minimum absolute atomic E-state index is 0.451. The minimum Gasteiger partial charge on any atom is -0.383 e. The average molecular weight is 420 g/mol. The second-order valence-corrected chi connectivity index (χ2v) is 7.00. The highest BCUT2D eigenvalue weighted by atomic mass is 79.9. The SMILES string of the molecule is CC(C)Cc1nc(-c2ccc(Cl)cc2Br)nc(N)c1Br. The van der Waals surface area contributed by atoms with Crippen molar-refractivity contribution in [2.75, 3.05) is 5.73 Å². The maximum atomic E-state index is 5.98. The molecule has 0 fully saturated rings. The van der Waals surface area contributed by atoms with Crippen LogP contribution in [0.15, 0.2) is 27.1 Å². The quantitative estimate of drug-likeness (QED) is 0.753. The van der Waals surface area contributed by atoms with Crippen LogP contribution in [0.25, 0.3) is 11.4 Å². The first-order valence-electron chi connectivity index (χ1n) is 6.15. The number of halogens is 3. The van der Waals surface area contributed by atoms with Gasteiger partial charge in [0.2, 0.25) is 0 Å². The summed E-state index contributed by atoms with van der Waals surface area (Å²) in [5.41, 5.74) is 7.77. The Labute approximate surface area is 140 Å². The normalized spacial score (nSPS) is 11.1. The summed E-state index contributed by atoms with van der Waals surface area (Å²) in [7, 11) is 0. The van der Waals surface area contributed by atoms with Crippen LogP contribution < -0.4 is 5.73 Å². The fraction of sp³-hybridized carbons (Fsp3) is 0.286. The molecule has 0 aliphatic rings. The topological polar surface area (TPSA) is 51.8 Å². The van der Waals surface area contributed by atoms with Crippen molar-refractivity contribution in [1.82, 2.24) is 9.97 Å². The predicted molar refractivity (Wildman–Crippen MR) is 90.8 cm³/mol. The summed E-state index contributed by atoms with van der Waals surface area (Å²) in [5.74, 6) is 1.54. The molecule has 2 N–H and O–H groups in total. The van der Waals surface area contributed by atoms with Crippen molar-refractivity contribution in [1.29, 1.82) is 0 Å². The van der Waals surface area contributed by atoms with Crippen LogP contribution in [0, 0.1) is 5.92 Å². The van der Waals surface area contributed by atoms with Crippen LogP contribution >= 0.6 is 43.5 Å². The average Bonchev–Trinajstić information content (AvgIpc) is 2.34. The largest absolute Gasteiger partial charge is 0.383 e. The second kappa shape index (κ2) is 6.41. The van der Waals surface area contributed by atoms with Gasteiger partial charge in [-0.1, -0.05) is 25.4 Å². The third kappa shape index (κ3) is 3.51. The summed E-state index contributed by atoms with van der Waals surface area (Å²) in [6, 6.07) is 5.51. The van der Waals surface area contributed by atoms with Crippen molar-refractivity contribution in [2.45, 2.75) is 20.3 Å². The maximum Gasteiger partial charge on any atom is 0.162 e. The molecular weight excluding hydrogens is 405 g/mol. The molecule has 0 bridgehead atoms. The molecule has 0 amide bonds. The van der Waals surface area contributed by atoms with E-state index in [0.717, 1.165) is 26.6 Å². The molecule has 0 aliphatic heterocycles. The molecule has 106 valence electrons. The van der Waals surface area contributed by atoms with E-state index in [1.165, 1.54) is 0 Å². The Kier molecular flexibility index (Phi) is 5.04. The van der Waals surface area contributed by atoms with Crippen LogP contribution in [0.5, 0.6) is 0 Å². The number of nitrogens with zero attached hydrogens (tertiary/aromatic N) is 2. The van der Waals surface area contributed by atoms with Crippen molar-refractivity contribution in [2.24, 2.45) is 5.92 Å². The van der Waals surface area contributed by atoms with Crippen molar-refractivity contribution in [3.8, 4) is 11.4 Å². The lowest BCUT2D eigenvalue weighted by atomic mass is 10.1. The lowest BCUT2D eigenvalue weighted by molar-refractivity contribution is 0.633. The van der Waals surface area contributed by atoms with Gasteiger partial charge in [-0.2, -0.15) is 0 Å². The highest BCUT2D eigenvalue weighted by molar-refractivity contribution is 9.11. The van der Waals surface area contributed by atoms with E-state index in [-0.39, 0.29) is 0 Å². The Morgan fingerprint density at radius 3 is 2.55 bits per heavy atom. The number of hydrogen-bond donors (Lipinski definition) is 1. The van der Waals surface area contributed by atoms with E-state index in [4.69, 9.17) is 17.3 Å². The van der Waals surface area contributed by atoms with Gasteiger partial charge >= 0.3 is 0 Å². The van der Waals surface area contributed by atoms with Gasteiger partial charge in [0.1, 0.15) is 5.82 Å². The first-order chi connectivity index (χ1) is 9.38. The molecule has 3 nitrogen and oxygen atoms in total. The lowest BCUT2D eigenvalue weighted by Crippen LogP contribution is -2.05. The molecule has 20 heavy (non-hydrogen) atoms. The first-order valence-corrected chi connectivity index (χ1v) is 8.12. The number of nitrogen functional groups attached to an aromatic ring is 1. The number of benzene rings is 1. The van der Waals surface area contributed by atoms with E-state index in [0.29, 0.717) is 22.6 Å².